The maximum Gasteiger partial charge on any atom is 0.303 e. The normalized spacial score (nSPS) is 17.6. The highest BCUT2D eigenvalue weighted by molar-refractivity contribution is 6.09. The fourth-order valence-electron chi connectivity index (χ4n) is 2.48. The Morgan fingerprint density at radius 1 is 1.32 bits per heavy atom. The molecule has 1 atom stereocenters. The van der Waals surface area contributed by atoms with Crippen molar-refractivity contribution in [3.63, 3.8) is 0 Å². The average Bonchev–Trinajstić information content (AvgIpc) is 2.86. The van der Waals surface area contributed by atoms with Gasteiger partial charge in [-0.15, -0.1) is 0 Å². The molecule has 0 aliphatic carbocycles. The monoisotopic (exact) mass is 304 g/mol. The van der Waals surface area contributed by atoms with Gasteiger partial charge in [0.05, 0.1) is 0 Å². The molecule has 22 heavy (non-hydrogen) atoms. The van der Waals surface area contributed by atoms with Crippen molar-refractivity contribution in [3.8, 4) is 0 Å². The summed E-state index contributed by atoms with van der Waals surface area (Å²) in [5.41, 5.74) is 1.92. The molecule has 1 fully saturated rings. The fraction of sp³-hybridized carbons (Fsp3) is 0.438. The summed E-state index contributed by atoms with van der Waals surface area (Å²) >= 11 is 0. The van der Waals surface area contributed by atoms with E-state index in [0.29, 0.717) is 19.4 Å². The molecule has 1 saturated heterocycles. The minimum absolute atomic E-state index is 0.00832. The molecule has 118 valence electrons. The molecule has 1 aliphatic rings. The van der Waals surface area contributed by atoms with Crippen LogP contribution in [0.2, 0.25) is 0 Å². The van der Waals surface area contributed by atoms with Crippen molar-refractivity contribution in [2.45, 2.75) is 26.2 Å². The summed E-state index contributed by atoms with van der Waals surface area (Å²) in [6.45, 7) is 2.78. The Morgan fingerprint density at radius 3 is 2.64 bits per heavy atom. The first-order chi connectivity index (χ1) is 10.5. The zero-order valence-electron chi connectivity index (χ0n) is 12.5. The maximum atomic E-state index is 12.3. The highest BCUT2D eigenvalue weighted by Crippen LogP contribution is 2.25. The number of hydrogen-bond acceptors (Lipinski definition) is 3. The van der Waals surface area contributed by atoms with Crippen LogP contribution in [0.4, 0.5) is 5.69 Å². The van der Waals surface area contributed by atoms with Crippen molar-refractivity contribution >= 4 is 23.5 Å². The van der Waals surface area contributed by atoms with E-state index in [9.17, 15) is 14.4 Å². The van der Waals surface area contributed by atoms with Gasteiger partial charge in [-0.05, 0) is 31.9 Å². The number of carboxylic acid groups (broad SMARTS) is 1. The lowest BCUT2D eigenvalue weighted by molar-refractivity contribution is -0.137. The van der Waals surface area contributed by atoms with Crippen LogP contribution in [0, 0.1) is 12.8 Å². The van der Waals surface area contributed by atoms with Gasteiger partial charge in [-0.2, -0.15) is 0 Å². The molecule has 0 spiro atoms. The molecule has 2 amide bonds. The van der Waals surface area contributed by atoms with E-state index >= 15 is 0 Å². The third-order valence-corrected chi connectivity index (χ3v) is 3.73. The fourth-order valence-corrected chi connectivity index (χ4v) is 2.48. The van der Waals surface area contributed by atoms with Gasteiger partial charge in [-0.3, -0.25) is 14.4 Å². The number of hydrogen-bond donors (Lipinski definition) is 2. The van der Waals surface area contributed by atoms with Crippen molar-refractivity contribution in [3.05, 3.63) is 29.8 Å². The van der Waals surface area contributed by atoms with Crippen LogP contribution in [0.5, 0.6) is 0 Å². The summed E-state index contributed by atoms with van der Waals surface area (Å²) in [4.78, 5) is 36.4. The van der Waals surface area contributed by atoms with Crippen molar-refractivity contribution in [1.29, 1.82) is 0 Å². The first-order valence-corrected chi connectivity index (χ1v) is 7.36. The number of carboxylic acids is 1. The van der Waals surface area contributed by atoms with Crippen LogP contribution in [0.25, 0.3) is 0 Å². The van der Waals surface area contributed by atoms with Gasteiger partial charge in [0.2, 0.25) is 11.8 Å². The largest absolute Gasteiger partial charge is 0.481 e. The molecular formula is C16H20N2O4. The van der Waals surface area contributed by atoms with Gasteiger partial charge in [0.1, 0.15) is 5.92 Å². The number of nitrogens with zero attached hydrogens (tertiary/aromatic N) is 1. The lowest BCUT2D eigenvalue weighted by Crippen LogP contribution is -2.37. The predicted octanol–water partition coefficient (Wildman–Crippen LogP) is 1.33. The topological polar surface area (TPSA) is 86.7 Å². The summed E-state index contributed by atoms with van der Waals surface area (Å²) in [5.74, 6) is -2.08. The number of anilines is 1. The van der Waals surface area contributed by atoms with Gasteiger partial charge >= 0.3 is 5.97 Å². The van der Waals surface area contributed by atoms with Crippen LogP contribution in [-0.2, 0) is 14.4 Å². The first kappa shape index (κ1) is 16.0. The molecule has 0 saturated carbocycles. The van der Waals surface area contributed by atoms with Crippen molar-refractivity contribution in [2.75, 3.05) is 18.0 Å². The molecule has 2 N–H and O–H groups in total. The number of carbonyl (C=O) groups excluding carboxylic acids is 2. The summed E-state index contributed by atoms with van der Waals surface area (Å²) < 4.78 is 0. The van der Waals surface area contributed by atoms with Crippen LogP contribution in [-0.4, -0.2) is 36.0 Å². The zero-order valence-corrected chi connectivity index (χ0v) is 12.5. The zero-order chi connectivity index (χ0) is 16.1. The number of aliphatic carboxylic acids is 1. The predicted molar refractivity (Wildman–Crippen MR) is 81.5 cm³/mol. The van der Waals surface area contributed by atoms with Crippen LogP contribution in [0.15, 0.2) is 24.3 Å². The lowest BCUT2D eigenvalue weighted by Gasteiger charge is -2.17. The molecular weight excluding hydrogens is 284 g/mol. The van der Waals surface area contributed by atoms with E-state index in [1.54, 1.807) is 4.90 Å². The summed E-state index contributed by atoms with van der Waals surface area (Å²) in [7, 11) is 0. The second kappa shape index (κ2) is 7.06. The van der Waals surface area contributed by atoms with Gasteiger partial charge in [0.25, 0.3) is 0 Å². The number of amides is 2. The number of benzene rings is 1. The van der Waals surface area contributed by atoms with Gasteiger partial charge in [-0.25, -0.2) is 0 Å². The van der Waals surface area contributed by atoms with E-state index in [4.69, 9.17) is 5.11 Å². The van der Waals surface area contributed by atoms with Crippen molar-refractivity contribution in [2.24, 2.45) is 5.92 Å². The minimum atomic E-state index is -0.892. The van der Waals surface area contributed by atoms with E-state index in [-0.39, 0.29) is 24.8 Å². The number of carbonyl (C=O) groups is 3. The third kappa shape index (κ3) is 3.84. The second-order valence-electron chi connectivity index (χ2n) is 5.46. The van der Waals surface area contributed by atoms with E-state index in [1.807, 2.05) is 31.2 Å². The maximum absolute atomic E-state index is 12.3. The molecule has 0 bridgehead atoms. The standard InChI is InChI=1S/C16H20N2O4/c1-11-4-6-12(7-5-11)18-10-8-13(16(18)22)15(21)17-9-2-3-14(19)20/h4-7,13H,2-3,8-10H2,1H3,(H,17,21)(H,19,20). The number of nitrogens with one attached hydrogen (secondary N) is 1. The number of aryl methyl sites for hydroxylation is 1. The Morgan fingerprint density at radius 2 is 2.00 bits per heavy atom. The Labute approximate surface area is 129 Å². The van der Waals surface area contributed by atoms with Gasteiger partial charge in [-0.1, -0.05) is 17.7 Å². The van der Waals surface area contributed by atoms with Crippen molar-refractivity contribution < 1.29 is 19.5 Å². The SMILES string of the molecule is Cc1ccc(N2CCC(C(=O)NCCCC(=O)O)C2=O)cc1. The first-order valence-electron chi connectivity index (χ1n) is 7.36. The molecule has 1 heterocycles. The summed E-state index contributed by atoms with van der Waals surface area (Å²) in [6, 6.07) is 7.62. The van der Waals surface area contributed by atoms with Crippen LogP contribution < -0.4 is 10.2 Å². The van der Waals surface area contributed by atoms with Gasteiger partial charge in [0, 0.05) is 25.2 Å². The Bertz CT molecular complexity index is 568. The highest BCUT2D eigenvalue weighted by atomic mass is 16.4. The summed E-state index contributed by atoms with van der Waals surface area (Å²) in [5, 5.41) is 11.2. The molecule has 6 heteroatoms. The van der Waals surface area contributed by atoms with Crippen LogP contribution >= 0.6 is 0 Å². The molecule has 0 radical (unpaired) electrons. The molecule has 1 unspecified atom stereocenters. The molecule has 1 aromatic carbocycles. The molecule has 1 aliphatic heterocycles. The lowest BCUT2D eigenvalue weighted by atomic mass is 10.1. The van der Waals surface area contributed by atoms with Gasteiger partial charge in [0.15, 0.2) is 0 Å². The molecule has 0 aromatic heterocycles. The summed E-state index contributed by atoms with van der Waals surface area (Å²) in [6.07, 6.45) is 0.857. The molecule has 1 aromatic rings. The Balaban J connectivity index is 1.89. The Kier molecular flexibility index (Phi) is 5.14. The van der Waals surface area contributed by atoms with E-state index in [2.05, 4.69) is 5.32 Å². The van der Waals surface area contributed by atoms with E-state index < -0.39 is 11.9 Å². The van der Waals surface area contributed by atoms with Crippen LogP contribution in [0.1, 0.15) is 24.8 Å². The van der Waals surface area contributed by atoms with E-state index in [0.717, 1.165) is 11.3 Å². The van der Waals surface area contributed by atoms with Gasteiger partial charge < -0.3 is 15.3 Å². The quantitative estimate of drug-likeness (QED) is 0.613. The second-order valence-corrected chi connectivity index (χ2v) is 5.46. The number of rotatable bonds is 6. The molecule has 6 nitrogen and oxygen atoms in total. The minimum Gasteiger partial charge on any atom is -0.481 e. The molecule has 2 rings (SSSR count). The Hall–Kier alpha value is -2.37. The highest BCUT2D eigenvalue weighted by Gasteiger charge is 2.37. The van der Waals surface area contributed by atoms with Crippen LogP contribution in [0.3, 0.4) is 0 Å². The van der Waals surface area contributed by atoms with Crippen molar-refractivity contribution in [1.82, 2.24) is 5.32 Å². The third-order valence-electron chi connectivity index (χ3n) is 3.73. The van der Waals surface area contributed by atoms with E-state index in [1.165, 1.54) is 0 Å². The smallest absolute Gasteiger partial charge is 0.303 e. The average molecular weight is 304 g/mol.